The zero-order valence-electron chi connectivity index (χ0n) is 15.1. The maximum absolute atomic E-state index is 2.26. The quantitative estimate of drug-likeness (QED) is 0.475. The Labute approximate surface area is 145 Å². The van der Waals surface area contributed by atoms with Gasteiger partial charge in [0.25, 0.3) is 0 Å². The van der Waals surface area contributed by atoms with Gasteiger partial charge >= 0.3 is 0 Å². The predicted octanol–water partition coefficient (Wildman–Crippen LogP) is 6.60. The predicted molar refractivity (Wildman–Crippen MR) is 105 cm³/mol. The fraction of sp³-hybridized carbons (Fsp3) is 0.217. The summed E-state index contributed by atoms with van der Waals surface area (Å²) < 4.78 is 0.737. The van der Waals surface area contributed by atoms with Gasteiger partial charge in [-0.05, 0) is 27.7 Å². The van der Waals surface area contributed by atoms with E-state index in [1.165, 1.54) is 33.8 Å². The number of hydrogen-bond acceptors (Lipinski definition) is 0. The molecule has 0 N–H and O–H groups in total. The molecule has 0 saturated heterocycles. The van der Waals surface area contributed by atoms with Crippen molar-refractivity contribution in [2.24, 2.45) is 0 Å². The molecule has 3 aromatic rings. The Balaban J connectivity index is 2.27. The molecule has 0 amide bonds. The first-order chi connectivity index (χ1) is 11.6. The van der Waals surface area contributed by atoms with Crippen LogP contribution in [-0.4, -0.2) is 6.54 Å². The highest BCUT2D eigenvalue weighted by molar-refractivity contribution is 5.71. The number of rotatable bonds is 4. The van der Waals surface area contributed by atoms with Gasteiger partial charge in [0.2, 0.25) is 0 Å². The minimum absolute atomic E-state index is 0.737. The van der Waals surface area contributed by atoms with E-state index in [1.807, 2.05) is 0 Å². The van der Waals surface area contributed by atoms with E-state index in [2.05, 4.69) is 100 Å². The highest BCUT2D eigenvalue weighted by Crippen LogP contribution is 2.43. The SMILES string of the molecule is CC[N+](c1ccc(C)cc1)(c1ccc(C)cc1)c1ccc(C)cc1. The van der Waals surface area contributed by atoms with Crippen LogP contribution in [0.4, 0.5) is 17.1 Å². The van der Waals surface area contributed by atoms with Crippen LogP contribution in [-0.2, 0) is 0 Å². The standard InChI is InChI=1S/C23H26N/c1-5-24(21-12-6-18(2)7-13-21,22-14-8-19(3)9-15-22)23-16-10-20(4)11-17-23/h6-17H,5H2,1-4H3/q+1. The molecule has 0 aliphatic heterocycles. The average molecular weight is 316 g/mol. The van der Waals surface area contributed by atoms with E-state index in [4.69, 9.17) is 0 Å². The van der Waals surface area contributed by atoms with Crippen LogP contribution in [0, 0.1) is 20.8 Å². The lowest BCUT2D eigenvalue weighted by Gasteiger charge is -2.36. The molecule has 0 aliphatic carbocycles. The fourth-order valence-electron chi connectivity index (χ4n) is 3.39. The molecule has 0 aliphatic rings. The number of aryl methyl sites for hydroxylation is 3. The molecule has 0 spiro atoms. The zero-order chi connectivity index (χ0) is 17.2. The van der Waals surface area contributed by atoms with Crippen molar-refractivity contribution in [1.29, 1.82) is 0 Å². The molecule has 1 heteroatoms. The topological polar surface area (TPSA) is 0 Å². The van der Waals surface area contributed by atoms with Crippen LogP contribution < -0.4 is 4.48 Å². The van der Waals surface area contributed by atoms with Crippen molar-refractivity contribution < 1.29 is 0 Å². The van der Waals surface area contributed by atoms with Gasteiger partial charge in [-0.15, -0.1) is 0 Å². The monoisotopic (exact) mass is 316 g/mol. The molecule has 0 fully saturated rings. The summed E-state index contributed by atoms with van der Waals surface area (Å²) in [4.78, 5) is 0. The van der Waals surface area contributed by atoms with E-state index in [9.17, 15) is 0 Å². The highest BCUT2D eigenvalue weighted by atomic mass is 15.4. The van der Waals surface area contributed by atoms with Gasteiger partial charge in [-0.2, -0.15) is 0 Å². The van der Waals surface area contributed by atoms with E-state index in [1.54, 1.807) is 0 Å². The number of nitrogens with zero attached hydrogens (tertiary/aromatic N) is 1. The molecular weight excluding hydrogens is 290 g/mol. The first-order valence-corrected chi connectivity index (χ1v) is 8.66. The van der Waals surface area contributed by atoms with Gasteiger partial charge in [0, 0.05) is 36.4 Å². The molecule has 1 nitrogen and oxygen atoms in total. The van der Waals surface area contributed by atoms with E-state index in [0.29, 0.717) is 0 Å². The fourth-order valence-corrected chi connectivity index (χ4v) is 3.39. The van der Waals surface area contributed by atoms with Crippen LogP contribution in [0.2, 0.25) is 0 Å². The molecule has 3 rings (SSSR count). The van der Waals surface area contributed by atoms with Gasteiger partial charge < -0.3 is 0 Å². The van der Waals surface area contributed by atoms with Gasteiger partial charge in [0.1, 0.15) is 17.1 Å². The molecule has 3 aromatic carbocycles. The summed E-state index contributed by atoms with van der Waals surface area (Å²) in [6.07, 6.45) is 0. The lowest BCUT2D eigenvalue weighted by Crippen LogP contribution is -2.38. The van der Waals surface area contributed by atoms with Crippen molar-refractivity contribution in [3.63, 3.8) is 0 Å². The normalized spacial score (nSPS) is 11.5. The molecule has 0 radical (unpaired) electrons. The molecule has 24 heavy (non-hydrogen) atoms. The van der Waals surface area contributed by atoms with Gasteiger partial charge in [-0.1, -0.05) is 53.1 Å². The smallest absolute Gasteiger partial charge is 0.143 e. The van der Waals surface area contributed by atoms with Gasteiger partial charge in [-0.25, -0.2) is 4.48 Å². The summed E-state index contributed by atoms with van der Waals surface area (Å²) in [6, 6.07) is 26.8. The third-order valence-electron chi connectivity index (χ3n) is 4.90. The van der Waals surface area contributed by atoms with Crippen molar-refractivity contribution in [3.05, 3.63) is 89.5 Å². The maximum Gasteiger partial charge on any atom is 0.143 e. The van der Waals surface area contributed by atoms with Crippen molar-refractivity contribution in [3.8, 4) is 0 Å². The van der Waals surface area contributed by atoms with E-state index in [-0.39, 0.29) is 0 Å². The third-order valence-corrected chi connectivity index (χ3v) is 4.90. The molecule has 0 bridgehead atoms. The summed E-state index contributed by atoms with van der Waals surface area (Å²) >= 11 is 0. The summed E-state index contributed by atoms with van der Waals surface area (Å²) in [5, 5.41) is 0. The van der Waals surface area contributed by atoms with Crippen molar-refractivity contribution >= 4 is 17.1 Å². The lowest BCUT2D eigenvalue weighted by atomic mass is 10.1. The summed E-state index contributed by atoms with van der Waals surface area (Å²) in [7, 11) is 0. The van der Waals surface area contributed by atoms with Crippen molar-refractivity contribution in [2.75, 3.05) is 6.54 Å². The van der Waals surface area contributed by atoms with Crippen LogP contribution in [0.3, 0.4) is 0 Å². The molecule has 122 valence electrons. The molecule has 0 aromatic heterocycles. The second kappa shape index (κ2) is 6.62. The molecule has 0 saturated carbocycles. The first kappa shape index (κ1) is 16.5. The summed E-state index contributed by atoms with van der Waals surface area (Å²) in [5.41, 5.74) is 7.78. The number of hydrogen-bond donors (Lipinski definition) is 0. The number of quaternary nitrogens is 1. The molecule has 0 heterocycles. The Hall–Kier alpha value is -2.38. The zero-order valence-corrected chi connectivity index (χ0v) is 15.1. The Morgan fingerprint density at radius 2 is 0.750 bits per heavy atom. The van der Waals surface area contributed by atoms with Gasteiger partial charge in [0.15, 0.2) is 0 Å². The van der Waals surface area contributed by atoms with Crippen LogP contribution in [0.1, 0.15) is 23.6 Å². The van der Waals surface area contributed by atoms with E-state index < -0.39 is 0 Å². The minimum atomic E-state index is 0.737. The lowest BCUT2D eigenvalue weighted by molar-refractivity contribution is 0.544. The van der Waals surface area contributed by atoms with Crippen molar-refractivity contribution in [1.82, 2.24) is 4.48 Å². The molecule has 0 atom stereocenters. The summed E-state index contributed by atoms with van der Waals surface area (Å²) in [5.74, 6) is 0. The Bertz CT molecular complexity index is 685. The van der Waals surface area contributed by atoms with Crippen LogP contribution in [0.5, 0.6) is 0 Å². The molecule has 0 unspecified atom stereocenters. The molecular formula is C23H26N+. The second-order valence-corrected chi connectivity index (χ2v) is 6.63. The third kappa shape index (κ3) is 2.88. The van der Waals surface area contributed by atoms with Crippen LogP contribution in [0.25, 0.3) is 0 Å². The Morgan fingerprint density at radius 3 is 0.958 bits per heavy atom. The highest BCUT2D eigenvalue weighted by Gasteiger charge is 2.34. The second-order valence-electron chi connectivity index (χ2n) is 6.63. The number of benzene rings is 3. The summed E-state index contributed by atoms with van der Waals surface area (Å²) in [6.45, 7) is 9.65. The first-order valence-electron chi connectivity index (χ1n) is 8.66. The van der Waals surface area contributed by atoms with Gasteiger partial charge in [0.05, 0.1) is 6.54 Å². The minimum Gasteiger partial charge on any atom is -0.227 e. The van der Waals surface area contributed by atoms with Crippen LogP contribution in [0.15, 0.2) is 72.8 Å². The van der Waals surface area contributed by atoms with Crippen molar-refractivity contribution in [2.45, 2.75) is 27.7 Å². The van der Waals surface area contributed by atoms with E-state index >= 15 is 0 Å². The largest absolute Gasteiger partial charge is 0.227 e. The average Bonchev–Trinajstić information content (AvgIpc) is 2.60. The van der Waals surface area contributed by atoms with Crippen LogP contribution >= 0.6 is 0 Å². The maximum atomic E-state index is 2.26. The van der Waals surface area contributed by atoms with Gasteiger partial charge in [-0.3, -0.25) is 0 Å². The Morgan fingerprint density at radius 1 is 0.500 bits per heavy atom. The Kier molecular flexibility index (Phi) is 4.55. The van der Waals surface area contributed by atoms with E-state index in [0.717, 1.165) is 11.0 Å².